The fourth-order valence-electron chi connectivity index (χ4n) is 8.09. The van der Waals surface area contributed by atoms with E-state index in [1.807, 2.05) is 50.3 Å². The van der Waals surface area contributed by atoms with Crippen molar-refractivity contribution in [1.29, 1.82) is 0 Å². The number of nitro benzene ring substituents is 1. The molecule has 5 rings (SSSR count). The van der Waals surface area contributed by atoms with E-state index in [2.05, 4.69) is 69.9 Å². The monoisotopic (exact) mass is 894 g/mol. The van der Waals surface area contributed by atoms with Crippen molar-refractivity contribution in [2.75, 3.05) is 50.9 Å². The van der Waals surface area contributed by atoms with Gasteiger partial charge in [-0.2, -0.15) is 13.0 Å². The molecular weight excluding hydrogens is 835 g/mol. The minimum atomic E-state index is -4.39. The molecule has 2 heterocycles. The molecule has 0 aromatic heterocycles. The lowest BCUT2D eigenvalue weighted by molar-refractivity contribution is -0.438. The Kier molecular flexibility index (Phi) is 17.4. The maximum absolute atomic E-state index is 12.3. The molecule has 15 nitrogen and oxygen atoms in total. The van der Waals surface area contributed by atoms with Crippen molar-refractivity contribution in [2.45, 2.75) is 89.1 Å². The number of carbonyl (C=O) groups is 1. The van der Waals surface area contributed by atoms with Crippen molar-refractivity contribution in [3.05, 3.63) is 152 Å². The van der Waals surface area contributed by atoms with Crippen molar-refractivity contribution in [3.8, 4) is 0 Å². The Balaban J connectivity index is 1.22. The van der Waals surface area contributed by atoms with Crippen molar-refractivity contribution in [1.82, 2.24) is 5.32 Å². The van der Waals surface area contributed by atoms with Crippen LogP contribution in [0, 0.1) is 17.0 Å². The topological polar surface area (TPSA) is 200 Å². The van der Waals surface area contributed by atoms with Crippen LogP contribution in [0.5, 0.6) is 0 Å². The second-order valence-electron chi connectivity index (χ2n) is 16.9. The quantitative estimate of drug-likeness (QED) is 0.0101. The summed E-state index contributed by atoms with van der Waals surface area (Å²) in [4.78, 5) is 27.6. The third-order valence-corrected chi connectivity index (χ3v) is 12.4. The van der Waals surface area contributed by atoms with E-state index in [4.69, 9.17) is 15.0 Å². The van der Waals surface area contributed by atoms with Gasteiger partial charge < -0.3 is 19.7 Å². The molecule has 1 amide bonds. The minimum absolute atomic E-state index is 0.0352. The normalized spacial score (nSPS) is 16.0. The first-order valence-electron chi connectivity index (χ1n) is 21.6. The molecule has 0 saturated heterocycles. The summed E-state index contributed by atoms with van der Waals surface area (Å²) in [6.45, 7) is 14.4. The van der Waals surface area contributed by atoms with Gasteiger partial charge in [-0.15, -0.1) is 0 Å². The molecule has 0 bridgehead atoms. The highest BCUT2D eigenvalue weighted by Crippen LogP contribution is 2.48. The highest BCUT2D eigenvalue weighted by molar-refractivity contribution is 7.85. The zero-order valence-corrected chi connectivity index (χ0v) is 38.2. The molecule has 0 unspecified atom stereocenters. The first kappa shape index (κ1) is 49.1. The number of benzene rings is 3. The number of hydrogen-bond donors (Lipinski definition) is 2. The second-order valence-corrected chi connectivity index (χ2v) is 18.3. The summed E-state index contributed by atoms with van der Waals surface area (Å²) in [5.74, 6) is -0.0352. The van der Waals surface area contributed by atoms with E-state index < -0.39 is 20.5 Å². The molecule has 2 aliphatic heterocycles. The molecule has 0 atom stereocenters. The number of allylic oxidation sites excluding steroid dienone is 8. The average Bonchev–Trinajstić information content (AvgIpc) is 3.59. The van der Waals surface area contributed by atoms with E-state index in [-0.39, 0.29) is 21.9 Å². The largest absolute Gasteiger partial charge is 0.377 e. The number of unbranched alkanes of at least 4 members (excludes halogenated alkanes) is 2. The molecule has 2 aliphatic rings. The van der Waals surface area contributed by atoms with E-state index in [0.717, 1.165) is 46.8 Å². The second kappa shape index (κ2) is 22.6. The lowest BCUT2D eigenvalue weighted by atomic mass is 9.81. The van der Waals surface area contributed by atoms with Crippen LogP contribution in [0.3, 0.4) is 0 Å². The van der Waals surface area contributed by atoms with Crippen molar-refractivity contribution >= 4 is 38.8 Å². The molecule has 0 spiro atoms. The predicted molar refractivity (Wildman–Crippen MR) is 250 cm³/mol. The number of ether oxygens (including phenoxy) is 2. The molecule has 2 N–H and O–H groups in total. The Morgan fingerprint density at radius 2 is 1.66 bits per heavy atom. The van der Waals surface area contributed by atoms with Crippen LogP contribution >= 0.6 is 0 Å². The number of nitrogens with zero attached hydrogens (tertiary/aromatic N) is 6. The lowest BCUT2D eigenvalue weighted by Crippen LogP contribution is -2.29. The van der Waals surface area contributed by atoms with Crippen LogP contribution in [0.4, 0.5) is 17.1 Å². The molecule has 16 heteroatoms. The van der Waals surface area contributed by atoms with E-state index >= 15 is 0 Å². The average molecular weight is 895 g/mol. The summed E-state index contributed by atoms with van der Waals surface area (Å²) in [5.41, 5.74) is 15.9. The van der Waals surface area contributed by atoms with E-state index in [1.54, 1.807) is 24.3 Å². The predicted octanol–water partition coefficient (Wildman–Crippen LogP) is 9.49. The number of amides is 1. The number of rotatable bonds is 24. The van der Waals surface area contributed by atoms with Gasteiger partial charge in [-0.1, -0.05) is 67.0 Å². The lowest BCUT2D eigenvalue weighted by Gasteiger charge is -2.27. The van der Waals surface area contributed by atoms with Crippen molar-refractivity contribution < 1.29 is 36.7 Å². The van der Waals surface area contributed by atoms with E-state index in [0.29, 0.717) is 71.9 Å². The Hall–Kier alpha value is -5.90. The zero-order chi connectivity index (χ0) is 46.3. The summed E-state index contributed by atoms with van der Waals surface area (Å²) in [5, 5.41) is 17.2. The number of aryl methyl sites for hydroxylation is 1. The minimum Gasteiger partial charge on any atom is -0.377 e. The standard InChI is InChI=1S/C48H59N7O8S/c1-36-18-24-42-40(33-36)47(2,3)45(54(42)29-30-62-31-32-63-35-37-19-21-38(22-20-37)55(57)58)16-11-8-6-7-10-15-44-48(4,5)41-34-39(64(59,60)61)23-25-43(41)53(44)28-13-9-12-17-46(56)50-26-14-27-51-52-49/h6-8,10-11,15-16,18-25,33-34H,9,12-14,17,26-32,35H2,1-5H3,(H-,50,56,59,60,61)/p+1. The summed E-state index contributed by atoms with van der Waals surface area (Å²) >= 11 is 0. The number of non-ortho nitro benzene ring substituents is 1. The van der Waals surface area contributed by atoms with Crippen molar-refractivity contribution in [3.63, 3.8) is 0 Å². The van der Waals surface area contributed by atoms with E-state index in [1.165, 1.54) is 29.3 Å². The van der Waals surface area contributed by atoms with Crippen LogP contribution in [0.1, 0.15) is 82.1 Å². The molecule has 0 saturated carbocycles. The number of nitrogens with one attached hydrogen (secondary N) is 1. The van der Waals surface area contributed by atoms with Gasteiger partial charge in [0.25, 0.3) is 15.8 Å². The third kappa shape index (κ3) is 12.9. The summed E-state index contributed by atoms with van der Waals surface area (Å²) < 4.78 is 47.9. The number of azide groups is 1. The van der Waals surface area contributed by atoms with Crippen LogP contribution in [0.2, 0.25) is 0 Å². The van der Waals surface area contributed by atoms with Gasteiger partial charge >= 0.3 is 0 Å². The van der Waals surface area contributed by atoms with Crippen LogP contribution in [0.25, 0.3) is 10.4 Å². The first-order valence-corrected chi connectivity index (χ1v) is 23.0. The maximum Gasteiger partial charge on any atom is 0.294 e. The van der Waals surface area contributed by atoms with Gasteiger partial charge in [0.2, 0.25) is 11.6 Å². The molecular formula is C48H60N7O8S+. The Bertz CT molecular complexity index is 2470. The number of hydrogen-bond acceptors (Lipinski definition) is 9. The van der Waals surface area contributed by atoms with E-state index in [9.17, 15) is 27.9 Å². The Morgan fingerprint density at radius 1 is 0.922 bits per heavy atom. The number of anilines is 1. The molecule has 64 heavy (non-hydrogen) atoms. The number of fused-ring (bicyclic) bond motifs is 2. The third-order valence-electron chi connectivity index (χ3n) is 11.5. The van der Waals surface area contributed by atoms with Crippen LogP contribution in [-0.2, 0) is 41.8 Å². The van der Waals surface area contributed by atoms with Crippen LogP contribution in [0.15, 0.2) is 119 Å². The first-order chi connectivity index (χ1) is 30.5. The maximum atomic E-state index is 12.3. The van der Waals surface area contributed by atoms with Gasteiger partial charge in [0.05, 0.1) is 41.7 Å². The summed E-state index contributed by atoms with van der Waals surface area (Å²) in [6.07, 6.45) is 17.4. The fourth-order valence-corrected chi connectivity index (χ4v) is 8.60. The fraction of sp³-hybridized carbons (Fsp3) is 0.417. The highest BCUT2D eigenvalue weighted by atomic mass is 32.2. The van der Waals surface area contributed by atoms with Crippen molar-refractivity contribution in [2.24, 2.45) is 5.11 Å². The highest BCUT2D eigenvalue weighted by Gasteiger charge is 2.45. The smallest absolute Gasteiger partial charge is 0.294 e. The summed E-state index contributed by atoms with van der Waals surface area (Å²) in [7, 11) is -4.39. The molecule has 0 fully saturated rings. The van der Waals surface area contributed by atoms with Gasteiger partial charge in [0.15, 0.2) is 5.71 Å². The number of nitro groups is 1. The van der Waals surface area contributed by atoms with Gasteiger partial charge in [0.1, 0.15) is 6.54 Å². The molecule has 0 aliphatic carbocycles. The summed E-state index contributed by atoms with van der Waals surface area (Å²) in [6, 6.07) is 17.6. The Labute approximate surface area is 376 Å². The van der Waals surface area contributed by atoms with Crippen LogP contribution < -0.4 is 10.2 Å². The van der Waals surface area contributed by atoms with Gasteiger partial charge in [0, 0.05) is 84.0 Å². The van der Waals surface area contributed by atoms with Gasteiger partial charge in [-0.25, -0.2) is 0 Å². The molecule has 340 valence electrons. The van der Waals surface area contributed by atoms with Gasteiger partial charge in [-0.3, -0.25) is 19.5 Å². The Morgan fingerprint density at radius 3 is 2.39 bits per heavy atom. The number of carbonyl (C=O) groups excluding carboxylic acids is 1. The molecule has 3 aromatic carbocycles. The zero-order valence-electron chi connectivity index (χ0n) is 37.4. The molecule has 0 radical (unpaired) electrons. The van der Waals surface area contributed by atoms with Crippen LogP contribution in [-0.4, -0.2) is 80.1 Å². The molecule has 3 aromatic rings. The van der Waals surface area contributed by atoms with Gasteiger partial charge in [-0.05, 0) is 93.1 Å². The SMILES string of the molecule is Cc1ccc2c(c1)C(C)(C)C(=CC=CC=CC=CC1=[N+](CCCCCC(=O)NCCCN=[N+]=[N-])c3ccc(S(=O)(=O)O)cc3C1(C)C)N2CCOCCOCc1ccc([N+](=O)[O-])cc1.